The van der Waals surface area contributed by atoms with Gasteiger partial charge >= 0.3 is 0 Å². The van der Waals surface area contributed by atoms with Gasteiger partial charge in [0, 0.05) is 0 Å². The lowest BCUT2D eigenvalue weighted by atomic mass is 10.0. The smallest absolute Gasteiger partial charge is 0.249 e. The first kappa shape index (κ1) is 50.8. The Morgan fingerprint density at radius 1 is 0.462 bits per heavy atom. The third kappa shape index (κ3) is 37.2. The Bertz CT molecular complexity index is 768. The molecule has 0 saturated carbocycles. The first-order valence-corrected chi connectivity index (χ1v) is 23.2. The van der Waals surface area contributed by atoms with Crippen LogP contribution in [-0.2, 0) is 4.79 Å². The van der Waals surface area contributed by atoms with Crippen LogP contribution in [0, 0.1) is 0 Å². The molecule has 0 fully saturated rings. The zero-order valence-corrected chi connectivity index (χ0v) is 35.0. The van der Waals surface area contributed by atoms with E-state index in [9.17, 15) is 20.1 Å². The maximum absolute atomic E-state index is 12.5. The highest BCUT2D eigenvalue weighted by Crippen LogP contribution is 2.16. The van der Waals surface area contributed by atoms with Gasteiger partial charge in [-0.3, -0.25) is 4.79 Å². The number of aliphatic hydroxyl groups is 3. The van der Waals surface area contributed by atoms with Gasteiger partial charge in [-0.25, -0.2) is 0 Å². The summed E-state index contributed by atoms with van der Waals surface area (Å²) in [6.07, 6.45) is 52.2. The van der Waals surface area contributed by atoms with Crippen molar-refractivity contribution < 1.29 is 20.1 Å². The van der Waals surface area contributed by atoms with Crippen LogP contribution in [0.1, 0.15) is 245 Å². The van der Waals surface area contributed by atoms with Crippen LogP contribution < -0.4 is 5.32 Å². The summed E-state index contributed by atoms with van der Waals surface area (Å²) in [6, 6.07) is -0.810. The molecule has 0 aliphatic heterocycles. The second-order valence-electron chi connectivity index (χ2n) is 16.0. The van der Waals surface area contributed by atoms with Crippen LogP contribution >= 0.6 is 0 Å². The molecule has 0 spiro atoms. The SMILES string of the molecule is CCCCCCCCCCCCC/C=C/CC/C=C/C(O)C(CO)NC(=O)C(O)CCCCCCCCCCCCCCCCCCCCCCC. The molecule has 0 aromatic carbocycles. The summed E-state index contributed by atoms with van der Waals surface area (Å²) in [5.41, 5.74) is 0. The monoisotopic (exact) mass is 734 g/mol. The number of aliphatic hydroxyl groups excluding tert-OH is 3. The van der Waals surface area contributed by atoms with E-state index in [4.69, 9.17) is 0 Å². The molecular formula is C47H91NO4. The summed E-state index contributed by atoms with van der Waals surface area (Å²) in [6.45, 7) is 4.19. The molecule has 3 atom stereocenters. The molecule has 0 bridgehead atoms. The average molecular weight is 734 g/mol. The highest BCUT2D eigenvalue weighted by molar-refractivity contribution is 5.80. The van der Waals surface area contributed by atoms with E-state index >= 15 is 0 Å². The molecule has 52 heavy (non-hydrogen) atoms. The Hall–Kier alpha value is -1.17. The fraction of sp³-hybridized carbons (Fsp3) is 0.894. The van der Waals surface area contributed by atoms with E-state index in [1.54, 1.807) is 6.08 Å². The van der Waals surface area contributed by atoms with Crippen molar-refractivity contribution in [1.29, 1.82) is 0 Å². The summed E-state index contributed by atoms with van der Waals surface area (Å²) in [5.74, 6) is -0.509. The quantitative estimate of drug-likeness (QED) is 0.0371. The zero-order chi connectivity index (χ0) is 38.0. The number of hydrogen-bond donors (Lipinski definition) is 4. The third-order valence-corrected chi connectivity index (χ3v) is 10.8. The number of rotatable bonds is 42. The van der Waals surface area contributed by atoms with Crippen LogP contribution in [0.25, 0.3) is 0 Å². The van der Waals surface area contributed by atoms with Crippen LogP contribution in [0.2, 0.25) is 0 Å². The fourth-order valence-corrected chi connectivity index (χ4v) is 7.14. The van der Waals surface area contributed by atoms with E-state index in [2.05, 4.69) is 31.3 Å². The standard InChI is InChI=1S/C47H91NO4/c1-3-5-7-9-11-13-15-17-19-21-22-23-24-26-28-30-32-34-36-38-40-42-46(51)47(52)48-44(43-49)45(50)41-39-37-35-33-31-29-27-25-20-18-16-14-12-10-8-6-4-2/h31,33,39,41,44-46,49-51H,3-30,32,34-38,40,42-43H2,1-2H3,(H,48,52)/b33-31+,41-39+. The minimum absolute atomic E-state index is 0.373. The molecular weight excluding hydrogens is 643 g/mol. The van der Waals surface area contributed by atoms with Gasteiger partial charge < -0.3 is 20.6 Å². The van der Waals surface area contributed by atoms with Gasteiger partial charge in [-0.15, -0.1) is 0 Å². The van der Waals surface area contributed by atoms with Crippen molar-refractivity contribution >= 4 is 5.91 Å². The molecule has 0 radical (unpaired) electrons. The number of unbranched alkanes of at least 4 members (excludes halogenated alkanes) is 32. The maximum atomic E-state index is 12.5. The number of amides is 1. The van der Waals surface area contributed by atoms with Crippen molar-refractivity contribution in [2.45, 2.75) is 263 Å². The summed E-state index contributed by atoms with van der Waals surface area (Å²) in [5, 5.41) is 33.2. The van der Waals surface area contributed by atoms with Gasteiger partial charge in [0.05, 0.1) is 18.8 Å². The lowest BCUT2D eigenvalue weighted by Gasteiger charge is -2.21. The molecule has 0 rings (SSSR count). The molecule has 0 aliphatic carbocycles. The lowest BCUT2D eigenvalue weighted by molar-refractivity contribution is -0.131. The Balaban J connectivity index is 3.65. The van der Waals surface area contributed by atoms with Crippen molar-refractivity contribution in [1.82, 2.24) is 5.32 Å². The van der Waals surface area contributed by atoms with Crippen molar-refractivity contribution in [2.75, 3.05) is 6.61 Å². The van der Waals surface area contributed by atoms with Gasteiger partial charge in [-0.1, -0.05) is 237 Å². The fourth-order valence-electron chi connectivity index (χ4n) is 7.14. The number of carbonyl (C=O) groups excluding carboxylic acids is 1. The Kier molecular flexibility index (Phi) is 41.6. The molecule has 1 amide bonds. The zero-order valence-electron chi connectivity index (χ0n) is 35.0. The Labute approximate surface area is 324 Å². The molecule has 3 unspecified atom stereocenters. The number of nitrogens with one attached hydrogen (secondary N) is 1. The van der Waals surface area contributed by atoms with Crippen LogP contribution in [0.4, 0.5) is 0 Å². The minimum atomic E-state index is -1.10. The molecule has 5 heteroatoms. The van der Waals surface area contributed by atoms with E-state index in [-0.39, 0.29) is 6.61 Å². The Morgan fingerprint density at radius 2 is 0.788 bits per heavy atom. The Morgan fingerprint density at radius 3 is 1.17 bits per heavy atom. The van der Waals surface area contributed by atoms with Gasteiger partial charge in [0.25, 0.3) is 0 Å². The van der Waals surface area contributed by atoms with E-state index in [0.717, 1.165) is 38.5 Å². The van der Waals surface area contributed by atoms with Gasteiger partial charge in [-0.2, -0.15) is 0 Å². The van der Waals surface area contributed by atoms with E-state index < -0.39 is 24.2 Å². The second kappa shape index (κ2) is 42.6. The first-order valence-electron chi connectivity index (χ1n) is 23.2. The van der Waals surface area contributed by atoms with Gasteiger partial charge in [0.15, 0.2) is 0 Å². The maximum Gasteiger partial charge on any atom is 0.249 e. The molecule has 4 N–H and O–H groups in total. The first-order chi connectivity index (χ1) is 25.6. The molecule has 0 aromatic heterocycles. The molecule has 0 heterocycles. The topological polar surface area (TPSA) is 89.8 Å². The van der Waals surface area contributed by atoms with Crippen LogP contribution in [-0.4, -0.2) is 46.1 Å². The van der Waals surface area contributed by atoms with E-state index in [1.165, 1.54) is 186 Å². The molecule has 0 aliphatic rings. The number of carbonyl (C=O) groups is 1. The average Bonchev–Trinajstić information content (AvgIpc) is 3.15. The summed E-state index contributed by atoms with van der Waals surface area (Å²) >= 11 is 0. The van der Waals surface area contributed by atoms with Crippen molar-refractivity contribution in [3.05, 3.63) is 24.3 Å². The largest absolute Gasteiger partial charge is 0.394 e. The normalized spacial score (nSPS) is 13.7. The highest BCUT2D eigenvalue weighted by atomic mass is 16.3. The van der Waals surface area contributed by atoms with E-state index in [0.29, 0.717) is 6.42 Å². The summed E-state index contributed by atoms with van der Waals surface area (Å²) in [4.78, 5) is 12.5. The van der Waals surface area contributed by atoms with Crippen molar-refractivity contribution in [3.8, 4) is 0 Å². The predicted octanol–water partition coefficient (Wildman–Crippen LogP) is 13.4. The van der Waals surface area contributed by atoms with Crippen molar-refractivity contribution in [3.63, 3.8) is 0 Å². The number of allylic oxidation sites excluding steroid dienone is 3. The molecule has 0 aromatic rings. The molecule has 5 nitrogen and oxygen atoms in total. The number of hydrogen-bond acceptors (Lipinski definition) is 4. The minimum Gasteiger partial charge on any atom is -0.394 e. The van der Waals surface area contributed by atoms with Crippen LogP contribution in [0.5, 0.6) is 0 Å². The van der Waals surface area contributed by atoms with Gasteiger partial charge in [0.1, 0.15) is 6.10 Å². The lowest BCUT2D eigenvalue weighted by Crippen LogP contribution is -2.48. The van der Waals surface area contributed by atoms with Gasteiger partial charge in [-0.05, 0) is 32.1 Å². The highest BCUT2D eigenvalue weighted by Gasteiger charge is 2.22. The van der Waals surface area contributed by atoms with Crippen LogP contribution in [0.15, 0.2) is 24.3 Å². The third-order valence-electron chi connectivity index (χ3n) is 10.8. The van der Waals surface area contributed by atoms with Crippen LogP contribution in [0.3, 0.4) is 0 Å². The summed E-state index contributed by atoms with van der Waals surface area (Å²) in [7, 11) is 0. The predicted molar refractivity (Wildman–Crippen MR) is 227 cm³/mol. The van der Waals surface area contributed by atoms with Crippen molar-refractivity contribution in [2.24, 2.45) is 0 Å². The molecule has 308 valence electrons. The van der Waals surface area contributed by atoms with Gasteiger partial charge in [0.2, 0.25) is 5.91 Å². The van der Waals surface area contributed by atoms with E-state index in [1.807, 2.05) is 6.08 Å². The summed E-state index contributed by atoms with van der Waals surface area (Å²) < 4.78 is 0. The molecule has 0 saturated heterocycles. The second-order valence-corrected chi connectivity index (χ2v) is 16.0.